The van der Waals surface area contributed by atoms with Crippen molar-refractivity contribution in [2.75, 3.05) is 33.9 Å². The fourth-order valence-corrected chi connectivity index (χ4v) is 2.83. The summed E-state index contributed by atoms with van der Waals surface area (Å²) in [6.07, 6.45) is 2.03. The first-order valence-corrected chi connectivity index (χ1v) is 9.58. The molecule has 9 heteroatoms. The Kier molecular flexibility index (Phi) is 10.8. The molecule has 1 aliphatic rings. The molecule has 0 saturated heterocycles. The van der Waals surface area contributed by atoms with Crippen LogP contribution in [0.25, 0.3) is 0 Å². The minimum absolute atomic E-state index is 0. The number of hydrogen-bond donors (Lipinski definition) is 3. The lowest BCUT2D eigenvalue weighted by Gasteiger charge is -2.13. The van der Waals surface area contributed by atoms with Crippen molar-refractivity contribution < 1.29 is 14.3 Å². The van der Waals surface area contributed by atoms with Gasteiger partial charge in [0, 0.05) is 30.0 Å². The highest BCUT2D eigenvalue weighted by atomic mass is 127. The van der Waals surface area contributed by atoms with E-state index >= 15 is 0 Å². The molecule has 0 aliphatic heterocycles. The first-order valence-electron chi connectivity index (χ1n) is 8.79. The molecular weight excluding hydrogens is 527 g/mol. The largest absolute Gasteiger partial charge is 0.493 e. The number of aliphatic imine (C=N–C) groups is 1. The van der Waals surface area contributed by atoms with Gasteiger partial charge in [-0.15, -0.1) is 24.0 Å². The molecule has 0 aromatic heterocycles. The second-order valence-corrected chi connectivity index (χ2v) is 6.84. The number of carbonyl (C=O) groups is 1. The zero-order chi connectivity index (χ0) is 18.9. The van der Waals surface area contributed by atoms with Gasteiger partial charge in [0.1, 0.15) is 0 Å². The van der Waals surface area contributed by atoms with Crippen LogP contribution in [0.1, 0.15) is 25.3 Å². The number of halogens is 2. The normalized spacial score (nSPS) is 13.4. The molecule has 1 fully saturated rings. The van der Waals surface area contributed by atoms with Crippen molar-refractivity contribution >= 4 is 51.8 Å². The Morgan fingerprint density at radius 1 is 1.15 bits per heavy atom. The Morgan fingerprint density at radius 2 is 1.78 bits per heavy atom. The van der Waals surface area contributed by atoms with Crippen LogP contribution in [-0.4, -0.2) is 45.7 Å². The summed E-state index contributed by atoms with van der Waals surface area (Å²) in [6.45, 7) is 4.45. The molecule has 0 bridgehead atoms. The van der Waals surface area contributed by atoms with E-state index in [2.05, 4.69) is 36.9 Å². The standard InChI is InChI=1S/C18H27BrN4O3.HI/c1-4-20-18(22-8-7-21-17(24)12-5-6-12)23-11-13-9-15(25-2)16(26-3)10-14(13)19;/h9-10,12H,4-8,11H2,1-3H3,(H,21,24)(H2,20,22,23);1H. The van der Waals surface area contributed by atoms with Crippen molar-refractivity contribution in [3.63, 3.8) is 0 Å². The Hall–Kier alpha value is -1.23. The van der Waals surface area contributed by atoms with Crippen molar-refractivity contribution in [2.24, 2.45) is 10.9 Å². The van der Waals surface area contributed by atoms with E-state index in [1.54, 1.807) is 14.2 Å². The summed E-state index contributed by atoms with van der Waals surface area (Å²) in [5, 5.41) is 9.36. The van der Waals surface area contributed by atoms with Crippen LogP contribution in [0.3, 0.4) is 0 Å². The van der Waals surface area contributed by atoms with Crippen LogP contribution in [0.5, 0.6) is 11.5 Å². The fraction of sp³-hybridized carbons (Fsp3) is 0.556. The second kappa shape index (κ2) is 12.3. The second-order valence-electron chi connectivity index (χ2n) is 5.99. The van der Waals surface area contributed by atoms with Gasteiger partial charge >= 0.3 is 0 Å². The lowest BCUT2D eigenvalue weighted by atomic mass is 10.2. The Morgan fingerprint density at radius 3 is 2.37 bits per heavy atom. The topological polar surface area (TPSA) is 84.0 Å². The van der Waals surface area contributed by atoms with E-state index in [1.165, 1.54) is 0 Å². The average Bonchev–Trinajstić information content (AvgIpc) is 3.48. The van der Waals surface area contributed by atoms with Crippen molar-refractivity contribution in [3.8, 4) is 11.5 Å². The number of rotatable bonds is 9. The minimum atomic E-state index is 0. The maximum Gasteiger partial charge on any atom is 0.223 e. The van der Waals surface area contributed by atoms with E-state index in [0.29, 0.717) is 37.1 Å². The van der Waals surface area contributed by atoms with Crippen LogP contribution >= 0.6 is 39.9 Å². The van der Waals surface area contributed by atoms with Crippen molar-refractivity contribution in [2.45, 2.75) is 26.3 Å². The molecule has 1 aromatic rings. The summed E-state index contributed by atoms with van der Waals surface area (Å²) in [5.41, 5.74) is 0.988. The molecule has 2 rings (SSSR count). The number of hydrogen-bond acceptors (Lipinski definition) is 4. The van der Waals surface area contributed by atoms with E-state index in [9.17, 15) is 4.79 Å². The van der Waals surface area contributed by atoms with Gasteiger partial charge in [0.25, 0.3) is 0 Å². The number of nitrogens with one attached hydrogen (secondary N) is 3. The van der Waals surface area contributed by atoms with Crippen LogP contribution in [-0.2, 0) is 11.3 Å². The van der Waals surface area contributed by atoms with E-state index < -0.39 is 0 Å². The maximum atomic E-state index is 11.6. The quantitative estimate of drug-likeness (QED) is 0.189. The molecule has 27 heavy (non-hydrogen) atoms. The predicted molar refractivity (Wildman–Crippen MR) is 121 cm³/mol. The van der Waals surface area contributed by atoms with Gasteiger partial charge in [0.2, 0.25) is 5.91 Å². The number of ether oxygens (including phenoxy) is 2. The highest BCUT2D eigenvalue weighted by Gasteiger charge is 2.28. The minimum Gasteiger partial charge on any atom is -0.493 e. The molecule has 3 N–H and O–H groups in total. The van der Waals surface area contributed by atoms with Crippen LogP contribution in [0.4, 0.5) is 0 Å². The van der Waals surface area contributed by atoms with Gasteiger partial charge in [-0.05, 0) is 37.5 Å². The molecule has 7 nitrogen and oxygen atoms in total. The molecule has 152 valence electrons. The monoisotopic (exact) mass is 554 g/mol. The van der Waals surface area contributed by atoms with Crippen LogP contribution in [0.2, 0.25) is 0 Å². The molecule has 0 radical (unpaired) electrons. The SMILES string of the molecule is CCNC(=NCc1cc(OC)c(OC)cc1Br)NCCNC(=O)C1CC1.I. The maximum absolute atomic E-state index is 11.6. The number of benzene rings is 1. The molecule has 0 unspecified atom stereocenters. The molecule has 0 atom stereocenters. The molecule has 1 aromatic carbocycles. The number of methoxy groups -OCH3 is 2. The smallest absolute Gasteiger partial charge is 0.223 e. The van der Waals surface area contributed by atoms with Crippen molar-refractivity contribution in [1.29, 1.82) is 0 Å². The highest BCUT2D eigenvalue weighted by molar-refractivity contribution is 14.0. The van der Waals surface area contributed by atoms with E-state index in [0.717, 1.165) is 29.4 Å². The predicted octanol–water partition coefficient (Wildman–Crippen LogP) is 2.67. The molecule has 0 spiro atoms. The van der Waals surface area contributed by atoms with Crippen LogP contribution in [0, 0.1) is 5.92 Å². The van der Waals surface area contributed by atoms with Gasteiger partial charge in [0.05, 0.1) is 20.8 Å². The van der Waals surface area contributed by atoms with Crippen LogP contribution in [0.15, 0.2) is 21.6 Å². The zero-order valence-corrected chi connectivity index (χ0v) is 19.8. The number of carbonyl (C=O) groups excluding carboxylic acids is 1. The van der Waals surface area contributed by atoms with E-state index in [4.69, 9.17) is 9.47 Å². The lowest BCUT2D eigenvalue weighted by molar-refractivity contribution is -0.122. The molecule has 1 saturated carbocycles. The lowest BCUT2D eigenvalue weighted by Crippen LogP contribution is -2.41. The fourth-order valence-electron chi connectivity index (χ4n) is 2.38. The van der Waals surface area contributed by atoms with Crippen molar-refractivity contribution in [1.82, 2.24) is 16.0 Å². The first-order chi connectivity index (χ1) is 12.6. The summed E-state index contributed by atoms with van der Waals surface area (Å²) in [6, 6.07) is 3.78. The Balaban J connectivity index is 0.00000364. The molecule has 1 amide bonds. The van der Waals surface area contributed by atoms with Gasteiger partial charge in [0.15, 0.2) is 17.5 Å². The molecular formula is C18H28BrIN4O3. The third-order valence-corrected chi connectivity index (χ3v) is 4.71. The zero-order valence-electron chi connectivity index (χ0n) is 15.9. The van der Waals surface area contributed by atoms with Gasteiger partial charge in [-0.2, -0.15) is 0 Å². The number of amides is 1. The van der Waals surface area contributed by atoms with E-state index in [1.807, 2.05) is 19.1 Å². The summed E-state index contributed by atoms with van der Waals surface area (Å²) < 4.78 is 11.5. The first kappa shape index (κ1) is 23.8. The van der Waals surface area contributed by atoms with E-state index in [-0.39, 0.29) is 35.8 Å². The van der Waals surface area contributed by atoms with Gasteiger partial charge in [-0.1, -0.05) is 15.9 Å². The number of nitrogens with zero attached hydrogens (tertiary/aromatic N) is 1. The average molecular weight is 555 g/mol. The van der Waals surface area contributed by atoms with Gasteiger partial charge in [-0.25, -0.2) is 4.99 Å². The Bertz CT molecular complexity index is 654. The summed E-state index contributed by atoms with van der Waals surface area (Å²) >= 11 is 3.55. The third kappa shape index (κ3) is 7.73. The van der Waals surface area contributed by atoms with Crippen molar-refractivity contribution in [3.05, 3.63) is 22.2 Å². The highest BCUT2D eigenvalue weighted by Crippen LogP contribution is 2.33. The third-order valence-electron chi connectivity index (χ3n) is 3.97. The summed E-state index contributed by atoms with van der Waals surface area (Å²) in [7, 11) is 3.22. The van der Waals surface area contributed by atoms with Gasteiger partial charge in [-0.3, -0.25) is 4.79 Å². The summed E-state index contributed by atoms with van der Waals surface area (Å²) in [4.78, 5) is 16.2. The van der Waals surface area contributed by atoms with Crippen LogP contribution < -0.4 is 25.4 Å². The molecule has 0 heterocycles. The Labute approximate surface area is 186 Å². The molecule has 1 aliphatic carbocycles. The summed E-state index contributed by atoms with van der Waals surface area (Å²) in [5.74, 6) is 2.43. The number of guanidine groups is 1. The van der Waals surface area contributed by atoms with Gasteiger partial charge < -0.3 is 25.4 Å².